The van der Waals surface area contributed by atoms with Gasteiger partial charge in [0.05, 0.1) is 17.4 Å². The van der Waals surface area contributed by atoms with Gasteiger partial charge >= 0.3 is 0 Å². The Bertz CT molecular complexity index is 1190. The lowest BCUT2D eigenvalue weighted by Crippen LogP contribution is -2.15. The highest BCUT2D eigenvalue weighted by molar-refractivity contribution is 5.98. The fourth-order valence-corrected chi connectivity index (χ4v) is 3.27. The molecule has 7 nitrogen and oxygen atoms in total. The summed E-state index contributed by atoms with van der Waals surface area (Å²) in [6.45, 7) is 4.21. The molecule has 0 aliphatic heterocycles. The van der Waals surface area contributed by atoms with Crippen LogP contribution in [0.4, 0.5) is 11.6 Å². The number of nitrogens with zero attached hydrogens (tertiary/aromatic N) is 3. The van der Waals surface area contributed by atoms with Gasteiger partial charge in [0.2, 0.25) is 11.8 Å². The van der Waals surface area contributed by atoms with Gasteiger partial charge in [-0.2, -0.15) is 0 Å². The monoisotopic (exact) mass is 401 g/mol. The summed E-state index contributed by atoms with van der Waals surface area (Å²) < 4.78 is 6.34. The fraction of sp³-hybridized carbons (Fsp3) is 0.174. The standard InChI is InChI=1S/C23H23N5O2/c1-14-8-9-16-17(5-3-7-19(16)27-13-15(2)29)21(14)30-22-18(6-4-11-25-22)20-10-12-26-23(24)28-20/h3-12,15,27,29H,13H2,1-2H3,(H2,24,26,28)/t15-/m0/s1. The largest absolute Gasteiger partial charge is 0.437 e. The van der Waals surface area contributed by atoms with Crippen molar-refractivity contribution < 1.29 is 9.84 Å². The highest BCUT2D eigenvalue weighted by Gasteiger charge is 2.15. The minimum atomic E-state index is -0.446. The summed E-state index contributed by atoms with van der Waals surface area (Å²) in [5, 5.41) is 14.9. The van der Waals surface area contributed by atoms with Crippen LogP contribution in [-0.2, 0) is 0 Å². The lowest BCUT2D eigenvalue weighted by Gasteiger charge is -2.16. The number of benzene rings is 2. The van der Waals surface area contributed by atoms with Gasteiger partial charge in [-0.05, 0) is 43.7 Å². The number of aliphatic hydroxyl groups is 1. The van der Waals surface area contributed by atoms with Crippen molar-refractivity contribution in [1.82, 2.24) is 15.0 Å². The van der Waals surface area contributed by atoms with Crippen LogP contribution in [0.1, 0.15) is 12.5 Å². The van der Waals surface area contributed by atoms with Gasteiger partial charge in [0.1, 0.15) is 5.75 Å². The van der Waals surface area contributed by atoms with Gasteiger partial charge in [-0.25, -0.2) is 15.0 Å². The maximum atomic E-state index is 9.62. The topological polar surface area (TPSA) is 106 Å². The summed E-state index contributed by atoms with van der Waals surface area (Å²) in [5.41, 5.74) is 9.04. The number of aliphatic hydroxyl groups excluding tert-OH is 1. The van der Waals surface area contributed by atoms with Crippen molar-refractivity contribution >= 4 is 22.4 Å². The summed E-state index contributed by atoms with van der Waals surface area (Å²) in [6, 6.07) is 15.5. The summed E-state index contributed by atoms with van der Waals surface area (Å²) in [4.78, 5) is 12.7. The van der Waals surface area contributed by atoms with Crippen LogP contribution in [0.25, 0.3) is 22.0 Å². The minimum Gasteiger partial charge on any atom is -0.437 e. The van der Waals surface area contributed by atoms with Gasteiger partial charge in [-0.1, -0.05) is 24.3 Å². The lowest BCUT2D eigenvalue weighted by molar-refractivity contribution is 0.208. The number of rotatable bonds is 6. The quantitative estimate of drug-likeness (QED) is 0.445. The molecule has 0 radical (unpaired) electrons. The van der Waals surface area contributed by atoms with Crippen molar-refractivity contribution in [2.75, 3.05) is 17.6 Å². The van der Waals surface area contributed by atoms with Gasteiger partial charge in [0.15, 0.2) is 0 Å². The molecule has 0 spiro atoms. The number of nitrogens with two attached hydrogens (primary N) is 1. The SMILES string of the molecule is Cc1ccc2c(NC[C@H](C)O)cccc2c1Oc1ncccc1-c1ccnc(N)n1. The van der Waals surface area contributed by atoms with E-state index in [9.17, 15) is 5.11 Å². The van der Waals surface area contributed by atoms with Gasteiger partial charge in [0.25, 0.3) is 0 Å². The third-order valence-corrected chi connectivity index (χ3v) is 4.72. The van der Waals surface area contributed by atoms with Crippen LogP contribution < -0.4 is 15.8 Å². The predicted molar refractivity (Wildman–Crippen MR) is 119 cm³/mol. The number of hydrogen-bond acceptors (Lipinski definition) is 7. The molecule has 0 bridgehead atoms. The molecule has 0 unspecified atom stereocenters. The molecule has 0 saturated heterocycles. The Morgan fingerprint density at radius 1 is 1.03 bits per heavy atom. The molecule has 0 saturated carbocycles. The average Bonchev–Trinajstić information content (AvgIpc) is 2.74. The Morgan fingerprint density at radius 3 is 2.70 bits per heavy atom. The molecule has 4 rings (SSSR count). The molecular formula is C23H23N5O2. The zero-order chi connectivity index (χ0) is 21.1. The number of pyridine rings is 1. The van der Waals surface area contributed by atoms with Gasteiger partial charge < -0.3 is 20.9 Å². The third kappa shape index (κ3) is 4.01. The highest BCUT2D eigenvalue weighted by Crippen LogP contribution is 2.38. The number of aryl methyl sites for hydroxylation is 1. The maximum absolute atomic E-state index is 9.62. The lowest BCUT2D eigenvalue weighted by atomic mass is 10.0. The summed E-state index contributed by atoms with van der Waals surface area (Å²) in [5.74, 6) is 1.35. The molecule has 2 heterocycles. The Hall–Kier alpha value is -3.71. The van der Waals surface area contributed by atoms with Crippen molar-refractivity contribution in [3.63, 3.8) is 0 Å². The smallest absolute Gasteiger partial charge is 0.228 e. The number of anilines is 2. The maximum Gasteiger partial charge on any atom is 0.228 e. The average molecular weight is 401 g/mol. The van der Waals surface area contributed by atoms with E-state index in [0.29, 0.717) is 18.1 Å². The zero-order valence-corrected chi connectivity index (χ0v) is 16.8. The van der Waals surface area contributed by atoms with Crippen LogP contribution in [0.5, 0.6) is 11.6 Å². The molecule has 0 amide bonds. The van der Waals surface area contributed by atoms with Crippen molar-refractivity contribution in [3.05, 3.63) is 66.5 Å². The molecule has 152 valence electrons. The van der Waals surface area contributed by atoms with Gasteiger partial charge in [0, 0.05) is 35.4 Å². The first-order chi connectivity index (χ1) is 14.5. The van der Waals surface area contributed by atoms with Crippen molar-refractivity contribution in [2.24, 2.45) is 0 Å². The van der Waals surface area contributed by atoms with Gasteiger partial charge in [-0.15, -0.1) is 0 Å². The highest BCUT2D eigenvalue weighted by atomic mass is 16.5. The molecular weight excluding hydrogens is 378 g/mol. The van der Waals surface area contributed by atoms with E-state index >= 15 is 0 Å². The summed E-state index contributed by atoms with van der Waals surface area (Å²) in [7, 11) is 0. The molecule has 4 N–H and O–H groups in total. The fourth-order valence-electron chi connectivity index (χ4n) is 3.27. The van der Waals surface area contributed by atoms with E-state index in [4.69, 9.17) is 10.5 Å². The molecule has 0 aliphatic rings. The Labute approximate surface area is 174 Å². The van der Waals surface area contributed by atoms with E-state index < -0.39 is 6.10 Å². The molecule has 0 aliphatic carbocycles. The number of nitrogen functional groups attached to an aromatic ring is 1. The summed E-state index contributed by atoms with van der Waals surface area (Å²) in [6.07, 6.45) is 2.84. The molecule has 0 fully saturated rings. The molecule has 4 aromatic rings. The van der Waals surface area contributed by atoms with E-state index in [0.717, 1.165) is 33.3 Å². The first kappa shape index (κ1) is 19.6. The number of hydrogen-bond donors (Lipinski definition) is 3. The van der Waals surface area contributed by atoms with E-state index in [1.165, 1.54) is 0 Å². The molecule has 30 heavy (non-hydrogen) atoms. The third-order valence-electron chi connectivity index (χ3n) is 4.72. The second kappa shape index (κ2) is 8.34. The van der Waals surface area contributed by atoms with Crippen LogP contribution in [-0.4, -0.2) is 32.7 Å². The van der Waals surface area contributed by atoms with E-state index in [-0.39, 0.29) is 5.95 Å². The normalized spacial score (nSPS) is 12.0. The Morgan fingerprint density at radius 2 is 1.90 bits per heavy atom. The Kier molecular flexibility index (Phi) is 5.45. The first-order valence-electron chi connectivity index (χ1n) is 9.69. The number of fused-ring (bicyclic) bond motifs is 1. The van der Waals surface area contributed by atoms with Gasteiger partial charge in [-0.3, -0.25) is 0 Å². The molecule has 7 heteroatoms. The number of ether oxygens (including phenoxy) is 1. The van der Waals surface area contributed by atoms with E-state index in [1.54, 1.807) is 25.4 Å². The molecule has 1 atom stereocenters. The Balaban J connectivity index is 1.78. The first-order valence-corrected chi connectivity index (χ1v) is 9.69. The number of nitrogens with one attached hydrogen (secondary N) is 1. The zero-order valence-electron chi connectivity index (χ0n) is 16.8. The minimum absolute atomic E-state index is 0.192. The van der Waals surface area contributed by atoms with Crippen LogP contribution in [0.3, 0.4) is 0 Å². The van der Waals surface area contributed by atoms with E-state index in [2.05, 4.69) is 20.3 Å². The van der Waals surface area contributed by atoms with Crippen molar-refractivity contribution in [1.29, 1.82) is 0 Å². The van der Waals surface area contributed by atoms with Crippen LogP contribution in [0.2, 0.25) is 0 Å². The predicted octanol–water partition coefficient (Wildman–Crippen LogP) is 4.17. The van der Waals surface area contributed by atoms with Crippen LogP contribution >= 0.6 is 0 Å². The second-order valence-electron chi connectivity index (χ2n) is 7.10. The van der Waals surface area contributed by atoms with Crippen molar-refractivity contribution in [3.8, 4) is 22.9 Å². The van der Waals surface area contributed by atoms with E-state index in [1.807, 2.05) is 49.4 Å². The van der Waals surface area contributed by atoms with Crippen molar-refractivity contribution in [2.45, 2.75) is 20.0 Å². The second-order valence-corrected chi connectivity index (χ2v) is 7.10. The number of aromatic nitrogens is 3. The van der Waals surface area contributed by atoms with Crippen LogP contribution in [0, 0.1) is 6.92 Å². The van der Waals surface area contributed by atoms with Crippen LogP contribution in [0.15, 0.2) is 60.9 Å². The molecule has 2 aromatic carbocycles. The summed E-state index contributed by atoms with van der Waals surface area (Å²) >= 11 is 0. The molecule has 2 aromatic heterocycles.